The van der Waals surface area contributed by atoms with E-state index in [1.54, 1.807) is 13.8 Å². The Labute approximate surface area is 194 Å². The number of aliphatic hydroxyl groups excluding tert-OH is 6. The predicted molar refractivity (Wildman–Crippen MR) is 114 cm³/mol. The van der Waals surface area contributed by atoms with Gasteiger partial charge in [0.05, 0.1) is 65.9 Å². The van der Waals surface area contributed by atoms with Gasteiger partial charge in [0, 0.05) is 5.92 Å². The van der Waals surface area contributed by atoms with E-state index in [0.717, 1.165) is 0 Å². The Morgan fingerprint density at radius 3 is 2.15 bits per heavy atom. The maximum atomic E-state index is 10.6. The van der Waals surface area contributed by atoms with Gasteiger partial charge < -0.3 is 58.8 Å². The molecule has 11 unspecified atom stereocenters. The van der Waals surface area contributed by atoms with E-state index in [2.05, 4.69) is 0 Å². The molecule has 2 saturated heterocycles. The summed E-state index contributed by atoms with van der Waals surface area (Å²) in [6, 6.07) is 0. The minimum Gasteiger partial charge on any atom is -0.394 e. The first-order valence-electron chi connectivity index (χ1n) is 11.3. The molecule has 0 amide bonds. The maximum Gasteiger partial charge on any atom is 0.205 e. The summed E-state index contributed by atoms with van der Waals surface area (Å²) in [6.07, 6.45) is -11.0. The molecule has 12 nitrogen and oxygen atoms in total. The molecule has 33 heavy (non-hydrogen) atoms. The Morgan fingerprint density at radius 1 is 0.879 bits per heavy atom. The van der Waals surface area contributed by atoms with Gasteiger partial charge in [-0.3, -0.25) is 0 Å². The average molecular weight is 485 g/mol. The van der Waals surface area contributed by atoms with Gasteiger partial charge in [0.1, 0.15) is 37.1 Å². The fourth-order valence-electron chi connectivity index (χ4n) is 3.94. The van der Waals surface area contributed by atoms with Crippen molar-refractivity contribution >= 4 is 0 Å². The van der Waals surface area contributed by atoms with Crippen molar-refractivity contribution in [3.05, 3.63) is 0 Å². The number of likely N-dealkylation sites (N-methyl/N-ethyl adjacent to an activating group) is 1. The lowest BCUT2D eigenvalue weighted by Gasteiger charge is -2.46. The molecule has 12 heteroatoms. The van der Waals surface area contributed by atoms with E-state index >= 15 is 0 Å². The number of rotatable bonds is 11. The van der Waals surface area contributed by atoms with E-state index in [0.29, 0.717) is 11.0 Å². The molecule has 2 heterocycles. The lowest BCUT2D eigenvalue weighted by atomic mass is 9.90. The van der Waals surface area contributed by atoms with Crippen LogP contribution in [0.4, 0.5) is 0 Å². The molecule has 6 N–H and O–H groups in total. The summed E-state index contributed by atoms with van der Waals surface area (Å²) in [5.41, 5.74) is 0. The van der Waals surface area contributed by atoms with E-state index in [1.807, 2.05) is 21.1 Å². The van der Waals surface area contributed by atoms with Gasteiger partial charge in [0.25, 0.3) is 0 Å². The lowest BCUT2D eigenvalue weighted by Crippen LogP contribution is -2.63. The van der Waals surface area contributed by atoms with Crippen LogP contribution in [0, 0.1) is 5.92 Å². The average Bonchev–Trinajstić information content (AvgIpc) is 2.73. The Balaban J connectivity index is 1.93. The summed E-state index contributed by atoms with van der Waals surface area (Å²) in [5, 5.41) is 60.9. The van der Waals surface area contributed by atoms with Gasteiger partial charge in [-0.25, -0.2) is 0 Å². The zero-order valence-corrected chi connectivity index (χ0v) is 20.1. The molecular weight excluding hydrogens is 442 g/mol. The van der Waals surface area contributed by atoms with Gasteiger partial charge in [-0.15, -0.1) is 0 Å². The second-order valence-corrected chi connectivity index (χ2v) is 9.90. The van der Waals surface area contributed by atoms with Crippen molar-refractivity contribution < 1.29 is 58.8 Å². The van der Waals surface area contributed by atoms with Crippen molar-refractivity contribution in [2.24, 2.45) is 5.92 Å². The number of aliphatic hydroxyl groups is 6. The minimum absolute atomic E-state index is 0.0290. The summed E-state index contributed by atoms with van der Waals surface area (Å²) in [6.45, 7) is 3.49. The van der Waals surface area contributed by atoms with Gasteiger partial charge in [-0.1, -0.05) is 6.92 Å². The largest absolute Gasteiger partial charge is 0.394 e. The van der Waals surface area contributed by atoms with Crippen LogP contribution in [0.3, 0.4) is 0 Å². The number of hydrogen-bond donors (Lipinski definition) is 6. The first-order chi connectivity index (χ1) is 15.4. The molecule has 2 aliphatic rings. The summed E-state index contributed by atoms with van der Waals surface area (Å²) in [5.74, 6) is -0.533. The third-order valence-corrected chi connectivity index (χ3v) is 5.98. The molecular formula is C21H42NO11+. The first-order valence-corrected chi connectivity index (χ1v) is 11.3. The molecule has 0 aromatic rings. The Morgan fingerprint density at radius 2 is 1.55 bits per heavy atom. The van der Waals surface area contributed by atoms with Crippen LogP contribution in [0.1, 0.15) is 13.8 Å². The van der Waals surface area contributed by atoms with E-state index in [1.165, 1.54) is 0 Å². The molecule has 196 valence electrons. The standard InChI is InChI=1S/C21H42NO11/c1-11-13(9-23)32-21(19(28)16(11)25)33-20-14(31-12(2)17(26)18(20)27)10-29-6-7-30-15(24)8-22(3,4)5/h11-21,23-28H,6-10H2,1-5H3/q+1. The molecule has 0 bridgehead atoms. The van der Waals surface area contributed by atoms with Crippen LogP contribution in [-0.2, 0) is 23.7 Å². The SMILES string of the molecule is CC1OC(COCCOC(O)C[N+](C)(C)C)C(OC2OC(CO)C(C)C(O)C2O)C(O)C1O. The molecule has 0 aliphatic carbocycles. The highest BCUT2D eigenvalue weighted by Gasteiger charge is 2.49. The number of ether oxygens (including phenoxy) is 5. The minimum atomic E-state index is -1.43. The highest BCUT2D eigenvalue weighted by atomic mass is 16.7. The molecule has 0 radical (unpaired) electrons. The maximum absolute atomic E-state index is 10.6. The third kappa shape index (κ3) is 8.02. The quantitative estimate of drug-likeness (QED) is 0.101. The highest BCUT2D eigenvalue weighted by molar-refractivity contribution is 4.94. The van der Waals surface area contributed by atoms with Crippen molar-refractivity contribution in [2.45, 2.75) is 75.3 Å². The number of quaternary nitrogens is 1. The molecule has 0 aromatic carbocycles. The van der Waals surface area contributed by atoms with E-state index in [9.17, 15) is 30.6 Å². The summed E-state index contributed by atoms with van der Waals surface area (Å²) in [7, 11) is 5.79. The Hall–Kier alpha value is -0.480. The highest BCUT2D eigenvalue weighted by Crippen LogP contribution is 2.31. The number of nitrogens with zero attached hydrogens (tertiary/aromatic N) is 1. The van der Waals surface area contributed by atoms with Gasteiger partial charge in [0.15, 0.2) is 6.29 Å². The van der Waals surface area contributed by atoms with Gasteiger partial charge in [-0.05, 0) is 6.92 Å². The van der Waals surface area contributed by atoms with E-state index in [-0.39, 0.29) is 26.4 Å². The Bertz CT molecular complexity index is 575. The zero-order valence-electron chi connectivity index (χ0n) is 20.1. The molecule has 2 rings (SSSR count). The molecule has 11 atom stereocenters. The van der Waals surface area contributed by atoms with Gasteiger partial charge in [-0.2, -0.15) is 0 Å². The molecule has 2 aliphatic heterocycles. The van der Waals surface area contributed by atoms with Crippen molar-refractivity contribution in [1.82, 2.24) is 0 Å². The third-order valence-electron chi connectivity index (χ3n) is 5.98. The van der Waals surface area contributed by atoms with Crippen molar-refractivity contribution in [2.75, 3.05) is 54.1 Å². The lowest BCUT2D eigenvalue weighted by molar-refractivity contribution is -0.876. The summed E-state index contributed by atoms with van der Waals surface area (Å²) in [4.78, 5) is 0. The van der Waals surface area contributed by atoms with Crippen molar-refractivity contribution in [1.29, 1.82) is 0 Å². The van der Waals surface area contributed by atoms with E-state index < -0.39 is 67.3 Å². The molecule has 2 fully saturated rings. The fraction of sp³-hybridized carbons (Fsp3) is 1.00. The molecule has 0 spiro atoms. The first kappa shape index (κ1) is 28.8. The normalized spacial score (nSPS) is 41.2. The monoisotopic (exact) mass is 484 g/mol. The van der Waals surface area contributed by atoms with Crippen LogP contribution in [-0.4, -0.2) is 151 Å². The number of hydrogen-bond acceptors (Lipinski definition) is 11. The van der Waals surface area contributed by atoms with Crippen molar-refractivity contribution in [3.63, 3.8) is 0 Å². The van der Waals surface area contributed by atoms with Crippen molar-refractivity contribution in [3.8, 4) is 0 Å². The summed E-state index contributed by atoms with van der Waals surface area (Å²) < 4.78 is 28.5. The zero-order chi connectivity index (χ0) is 24.9. The van der Waals surface area contributed by atoms with Gasteiger partial charge >= 0.3 is 0 Å². The predicted octanol–water partition coefficient (Wildman–Crippen LogP) is -2.99. The molecule has 0 saturated carbocycles. The summed E-state index contributed by atoms with van der Waals surface area (Å²) >= 11 is 0. The van der Waals surface area contributed by atoms with Gasteiger partial charge in [0.2, 0.25) is 6.29 Å². The van der Waals surface area contributed by atoms with Crippen LogP contribution >= 0.6 is 0 Å². The fourth-order valence-corrected chi connectivity index (χ4v) is 3.94. The van der Waals surface area contributed by atoms with Crippen LogP contribution < -0.4 is 0 Å². The smallest absolute Gasteiger partial charge is 0.205 e. The molecule has 0 aromatic heterocycles. The van der Waals surface area contributed by atoms with Crippen LogP contribution in [0.25, 0.3) is 0 Å². The van der Waals surface area contributed by atoms with Crippen LogP contribution in [0.15, 0.2) is 0 Å². The van der Waals surface area contributed by atoms with Crippen LogP contribution in [0.5, 0.6) is 0 Å². The van der Waals surface area contributed by atoms with E-state index in [4.69, 9.17) is 23.7 Å². The second-order valence-electron chi connectivity index (χ2n) is 9.90. The Kier molecular flexibility index (Phi) is 10.9. The van der Waals surface area contributed by atoms with Crippen LogP contribution in [0.2, 0.25) is 0 Å². The second kappa shape index (κ2) is 12.5. The topological polar surface area (TPSA) is 168 Å².